The molecule has 0 aliphatic carbocycles. The third kappa shape index (κ3) is 4.52. The summed E-state index contributed by atoms with van der Waals surface area (Å²) in [6.07, 6.45) is 1.41. The van der Waals surface area contributed by atoms with Crippen molar-refractivity contribution in [3.05, 3.63) is 50.0 Å². The lowest BCUT2D eigenvalue weighted by atomic mass is 9.95. The molecule has 2 aromatic rings. The van der Waals surface area contributed by atoms with Crippen molar-refractivity contribution in [2.45, 2.75) is 25.3 Å². The number of H-pyrrole nitrogens is 1. The molecule has 3 rings (SSSR count). The Kier molecular flexibility index (Phi) is 6.06. The second-order valence-electron chi connectivity index (χ2n) is 6.78. The van der Waals surface area contributed by atoms with Gasteiger partial charge in [0.05, 0.1) is 16.6 Å². The van der Waals surface area contributed by atoms with Gasteiger partial charge in [0.1, 0.15) is 21.5 Å². The quantitative estimate of drug-likeness (QED) is 0.478. The van der Waals surface area contributed by atoms with Crippen molar-refractivity contribution in [1.29, 1.82) is 0 Å². The summed E-state index contributed by atoms with van der Waals surface area (Å²) in [6.45, 7) is 0.330. The molecule has 152 valence electrons. The van der Waals surface area contributed by atoms with Gasteiger partial charge >= 0.3 is 0 Å². The zero-order valence-corrected chi connectivity index (χ0v) is 18.1. The Labute approximate surface area is 174 Å². The third-order valence-electron chi connectivity index (χ3n) is 4.64. The number of aromatic nitrogens is 2. The summed E-state index contributed by atoms with van der Waals surface area (Å²) < 4.78 is 53.3. The first-order valence-electron chi connectivity index (χ1n) is 8.45. The van der Waals surface area contributed by atoms with Gasteiger partial charge in [-0.1, -0.05) is 0 Å². The molecule has 0 unspecified atom stereocenters. The fourth-order valence-electron chi connectivity index (χ4n) is 3.35. The number of nitrogens with zero attached hydrogens (tertiary/aromatic N) is 1. The van der Waals surface area contributed by atoms with E-state index in [-0.39, 0.29) is 34.7 Å². The molecule has 1 aliphatic heterocycles. The minimum atomic E-state index is -3.17. The molecule has 2 N–H and O–H groups in total. The van der Waals surface area contributed by atoms with Crippen LogP contribution in [0.25, 0.3) is 0 Å². The Bertz CT molecular complexity index is 1100. The number of carbonyl (C=O) groups excluding carboxylic acids is 1. The maximum atomic E-state index is 14.4. The summed E-state index contributed by atoms with van der Waals surface area (Å²) >= 11 is 8.36. The van der Waals surface area contributed by atoms with Crippen molar-refractivity contribution in [3.63, 3.8) is 0 Å². The number of carbonyl (C=O) groups is 1. The predicted molar refractivity (Wildman–Crippen MR) is 107 cm³/mol. The van der Waals surface area contributed by atoms with Crippen LogP contribution < -0.4 is 5.32 Å². The number of fused-ring (bicyclic) bond motifs is 1. The lowest BCUT2D eigenvalue weighted by molar-refractivity contribution is -0.120. The molecule has 1 atom stereocenters. The average Bonchev–Trinajstić information content (AvgIpc) is 3.12. The number of hydrogen-bond acceptors (Lipinski definition) is 4. The summed E-state index contributed by atoms with van der Waals surface area (Å²) in [7, 11) is -3.17. The number of amides is 1. The molecule has 1 amide bonds. The molecule has 28 heavy (non-hydrogen) atoms. The molecule has 1 aromatic carbocycles. The first-order chi connectivity index (χ1) is 13.1. The number of benzene rings is 1. The molecule has 1 aromatic heterocycles. The summed E-state index contributed by atoms with van der Waals surface area (Å²) in [5.41, 5.74) is 1.29. The molecule has 6 nitrogen and oxygen atoms in total. The van der Waals surface area contributed by atoms with Crippen LogP contribution in [0.1, 0.15) is 22.9 Å². The van der Waals surface area contributed by atoms with Crippen molar-refractivity contribution in [2.24, 2.45) is 0 Å². The fourth-order valence-corrected chi connectivity index (χ4v) is 4.48. The number of aromatic amines is 1. The number of nitrogens with one attached hydrogen (secondary N) is 2. The molecule has 2 heterocycles. The van der Waals surface area contributed by atoms with Crippen LogP contribution in [0, 0.1) is 16.4 Å². The predicted octanol–water partition coefficient (Wildman–Crippen LogP) is 2.63. The number of halogens is 3. The van der Waals surface area contributed by atoms with Crippen LogP contribution in [0.4, 0.5) is 8.78 Å². The lowest BCUT2D eigenvalue weighted by Crippen LogP contribution is -2.30. The van der Waals surface area contributed by atoms with Crippen molar-refractivity contribution in [1.82, 2.24) is 14.9 Å². The van der Waals surface area contributed by atoms with Gasteiger partial charge in [0.2, 0.25) is 5.91 Å². The first kappa shape index (κ1) is 21.1. The normalized spacial score (nSPS) is 16.2. The first-order valence-corrected chi connectivity index (χ1v) is 11.7. The van der Waals surface area contributed by atoms with Crippen LogP contribution in [0.2, 0.25) is 0 Å². The van der Waals surface area contributed by atoms with Gasteiger partial charge in [-0.05, 0) is 46.7 Å². The van der Waals surface area contributed by atoms with Crippen molar-refractivity contribution in [3.8, 4) is 0 Å². The molecule has 0 fully saturated rings. The van der Waals surface area contributed by atoms with Crippen molar-refractivity contribution in [2.75, 3.05) is 18.6 Å². The van der Waals surface area contributed by atoms with E-state index in [4.69, 9.17) is 12.2 Å². The Morgan fingerprint density at radius 1 is 1.43 bits per heavy atom. The Morgan fingerprint density at radius 2 is 2.14 bits per heavy atom. The molecule has 0 spiro atoms. The standard InChI is InChI=1S/C17H18BrF2N3O3S2/c1-28(25,26)5-4-21-14(24)7-12-13-6-9(8-23(13)17(27)22-12)15-11(19)3-2-10(18)16(15)20/h2-3,9H,4-8H2,1H3,(H,21,24)(H,22,27)/t9-/m0/s1. The fraction of sp³-hybridized carbons (Fsp3) is 0.412. The second kappa shape index (κ2) is 8.03. The van der Waals surface area contributed by atoms with Gasteiger partial charge in [0, 0.05) is 42.2 Å². The zero-order chi connectivity index (χ0) is 20.6. The molecule has 0 saturated heterocycles. The molecule has 1 aliphatic rings. The summed E-state index contributed by atoms with van der Waals surface area (Å²) in [4.78, 5) is 15.1. The Morgan fingerprint density at radius 3 is 2.82 bits per heavy atom. The van der Waals surface area contributed by atoms with Gasteiger partial charge < -0.3 is 14.9 Å². The summed E-state index contributed by atoms with van der Waals surface area (Å²) in [5.74, 6) is -2.19. The van der Waals surface area contributed by atoms with E-state index in [1.54, 1.807) is 4.57 Å². The van der Waals surface area contributed by atoms with Gasteiger partial charge in [0.25, 0.3) is 0 Å². The summed E-state index contributed by atoms with van der Waals surface area (Å²) in [5, 5.41) is 2.55. The molecule has 0 saturated carbocycles. The van der Waals surface area contributed by atoms with Gasteiger partial charge in [-0.15, -0.1) is 0 Å². The maximum Gasteiger partial charge on any atom is 0.226 e. The number of hydrogen-bond donors (Lipinski definition) is 2. The largest absolute Gasteiger partial charge is 0.355 e. The number of rotatable bonds is 6. The van der Waals surface area contributed by atoms with E-state index < -0.39 is 27.4 Å². The monoisotopic (exact) mass is 493 g/mol. The van der Waals surface area contributed by atoms with E-state index in [0.29, 0.717) is 23.4 Å². The summed E-state index contributed by atoms with van der Waals surface area (Å²) in [6, 6.07) is 2.54. The van der Waals surface area contributed by atoms with Crippen LogP contribution in [-0.2, 0) is 34.0 Å². The SMILES string of the molecule is CS(=O)(=O)CCNC(=O)Cc1[nH]c(=S)n2c1C[C@H](c1c(F)ccc(Br)c1F)C2. The van der Waals surface area contributed by atoms with Gasteiger partial charge in [-0.25, -0.2) is 17.2 Å². The van der Waals surface area contributed by atoms with Crippen LogP contribution >= 0.6 is 28.1 Å². The molecule has 0 radical (unpaired) electrons. The van der Waals surface area contributed by atoms with E-state index in [0.717, 1.165) is 11.9 Å². The van der Waals surface area contributed by atoms with Gasteiger partial charge in [-0.3, -0.25) is 4.79 Å². The number of sulfone groups is 1. The lowest BCUT2D eigenvalue weighted by Gasteiger charge is -2.13. The highest BCUT2D eigenvalue weighted by Gasteiger charge is 2.31. The minimum absolute atomic E-state index is 0.00368. The van der Waals surface area contributed by atoms with Crippen molar-refractivity contribution >= 4 is 43.9 Å². The van der Waals surface area contributed by atoms with Crippen LogP contribution in [0.3, 0.4) is 0 Å². The van der Waals surface area contributed by atoms with E-state index >= 15 is 0 Å². The van der Waals surface area contributed by atoms with E-state index in [9.17, 15) is 22.0 Å². The maximum absolute atomic E-state index is 14.4. The van der Waals surface area contributed by atoms with Crippen LogP contribution in [0.15, 0.2) is 16.6 Å². The zero-order valence-electron chi connectivity index (χ0n) is 14.9. The highest BCUT2D eigenvalue weighted by atomic mass is 79.9. The van der Waals surface area contributed by atoms with E-state index in [2.05, 4.69) is 26.2 Å². The average molecular weight is 494 g/mol. The highest BCUT2D eigenvalue weighted by Crippen LogP contribution is 2.36. The number of imidazole rings is 1. The smallest absolute Gasteiger partial charge is 0.226 e. The van der Waals surface area contributed by atoms with E-state index in [1.807, 2.05) is 0 Å². The minimum Gasteiger partial charge on any atom is -0.355 e. The molecule has 11 heteroatoms. The van der Waals surface area contributed by atoms with Gasteiger partial charge in [-0.2, -0.15) is 0 Å². The Balaban J connectivity index is 1.76. The van der Waals surface area contributed by atoms with Crippen LogP contribution in [-0.4, -0.2) is 42.4 Å². The van der Waals surface area contributed by atoms with E-state index in [1.165, 1.54) is 12.1 Å². The molecular formula is C17H18BrF2N3O3S2. The topological polar surface area (TPSA) is 84.0 Å². The molecular weight excluding hydrogens is 476 g/mol. The molecule has 0 bridgehead atoms. The third-order valence-corrected chi connectivity index (χ3v) is 6.52. The van der Waals surface area contributed by atoms with Crippen molar-refractivity contribution < 1.29 is 22.0 Å². The second-order valence-corrected chi connectivity index (χ2v) is 10.3. The van der Waals surface area contributed by atoms with Crippen LogP contribution in [0.5, 0.6) is 0 Å². The van der Waals surface area contributed by atoms with Gasteiger partial charge in [0.15, 0.2) is 4.77 Å². The highest BCUT2D eigenvalue weighted by molar-refractivity contribution is 9.10. The Hall–Kier alpha value is -1.59.